The quantitative estimate of drug-likeness (QED) is 0.849. The number of rotatable bonds is 4. The molecule has 16 heavy (non-hydrogen) atoms. The Balaban J connectivity index is 2.35. The molecule has 2 N–H and O–H groups in total. The molecule has 0 fully saturated rings. The van der Waals surface area contributed by atoms with E-state index in [4.69, 9.17) is 15.2 Å². The Morgan fingerprint density at radius 2 is 2.00 bits per heavy atom. The fraction of sp³-hybridized carbons (Fsp3) is 0.538. The number of hydrogen-bond acceptors (Lipinski definition) is 3. The van der Waals surface area contributed by atoms with Crippen molar-refractivity contribution in [2.45, 2.75) is 32.6 Å². The van der Waals surface area contributed by atoms with Crippen molar-refractivity contribution in [2.75, 3.05) is 13.3 Å². The van der Waals surface area contributed by atoms with Crippen LogP contribution in [0.3, 0.4) is 0 Å². The van der Waals surface area contributed by atoms with Crippen molar-refractivity contribution in [3.05, 3.63) is 23.3 Å². The van der Waals surface area contributed by atoms with Crippen molar-refractivity contribution >= 4 is 0 Å². The van der Waals surface area contributed by atoms with Gasteiger partial charge in [-0.2, -0.15) is 0 Å². The van der Waals surface area contributed by atoms with Gasteiger partial charge in [0.15, 0.2) is 11.5 Å². The van der Waals surface area contributed by atoms with Gasteiger partial charge in [0.1, 0.15) is 0 Å². The predicted octanol–water partition coefficient (Wildman–Crippen LogP) is 2.43. The highest BCUT2D eigenvalue weighted by Crippen LogP contribution is 2.38. The predicted molar refractivity (Wildman–Crippen MR) is 64.0 cm³/mol. The minimum atomic E-state index is 0.340. The maximum absolute atomic E-state index is 5.62. The van der Waals surface area contributed by atoms with Crippen LogP contribution in [-0.2, 0) is 6.42 Å². The summed E-state index contributed by atoms with van der Waals surface area (Å²) in [7, 11) is 0. The van der Waals surface area contributed by atoms with E-state index in [1.807, 2.05) is 0 Å². The molecule has 3 nitrogen and oxygen atoms in total. The Bertz CT molecular complexity index is 376. The lowest BCUT2D eigenvalue weighted by atomic mass is 9.91. The zero-order valence-electron chi connectivity index (χ0n) is 9.95. The lowest BCUT2D eigenvalue weighted by molar-refractivity contribution is 0.174. The molecule has 88 valence electrons. The number of ether oxygens (including phenoxy) is 2. The van der Waals surface area contributed by atoms with E-state index in [0.29, 0.717) is 12.7 Å². The Labute approximate surface area is 96.5 Å². The van der Waals surface area contributed by atoms with Gasteiger partial charge in [-0.3, -0.25) is 0 Å². The van der Waals surface area contributed by atoms with Gasteiger partial charge in [0.2, 0.25) is 6.79 Å². The fourth-order valence-electron chi connectivity index (χ4n) is 2.17. The van der Waals surface area contributed by atoms with Gasteiger partial charge in [0, 0.05) is 0 Å². The van der Waals surface area contributed by atoms with Crippen molar-refractivity contribution < 1.29 is 9.47 Å². The zero-order chi connectivity index (χ0) is 11.5. The molecule has 0 bridgehead atoms. The molecule has 1 aromatic carbocycles. The first-order valence-electron chi connectivity index (χ1n) is 5.88. The van der Waals surface area contributed by atoms with Crippen LogP contribution in [0.25, 0.3) is 0 Å². The number of benzene rings is 1. The third kappa shape index (κ3) is 2.00. The van der Waals surface area contributed by atoms with Crippen molar-refractivity contribution in [3.63, 3.8) is 0 Å². The van der Waals surface area contributed by atoms with Crippen LogP contribution in [0.15, 0.2) is 12.1 Å². The number of hydrogen-bond donors (Lipinski definition) is 1. The summed E-state index contributed by atoms with van der Waals surface area (Å²) in [6.07, 6.45) is 2.02. The van der Waals surface area contributed by atoms with E-state index >= 15 is 0 Å². The highest BCUT2D eigenvalue weighted by atomic mass is 16.7. The molecule has 0 aromatic heterocycles. The SMILES string of the molecule is CCc1cc2c(cc1C(C)CCN)OCO2. The average molecular weight is 221 g/mol. The van der Waals surface area contributed by atoms with E-state index in [9.17, 15) is 0 Å². The van der Waals surface area contributed by atoms with E-state index in [0.717, 1.165) is 30.9 Å². The van der Waals surface area contributed by atoms with Gasteiger partial charge in [0.25, 0.3) is 0 Å². The molecule has 1 atom stereocenters. The van der Waals surface area contributed by atoms with E-state index in [-0.39, 0.29) is 0 Å². The van der Waals surface area contributed by atoms with Crippen molar-refractivity contribution in [1.29, 1.82) is 0 Å². The molecule has 1 heterocycles. The molecule has 0 amide bonds. The highest BCUT2D eigenvalue weighted by Gasteiger charge is 2.18. The molecule has 1 aliphatic rings. The van der Waals surface area contributed by atoms with Gasteiger partial charge >= 0.3 is 0 Å². The summed E-state index contributed by atoms with van der Waals surface area (Å²) < 4.78 is 10.8. The molecule has 1 unspecified atom stereocenters. The second kappa shape index (κ2) is 4.74. The molecular weight excluding hydrogens is 202 g/mol. The van der Waals surface area contributed by atoms with E-state index in [1.54, 1.807) is 0 Å². The Morgan fingerprint density at radius 3 is 2.62 bits per heavy atom. The average Bonchev–Trinajstić information content (AvgIpc) is 2.74. The third-order valence-corrected chi connectivity index (χ3v) is 3.15. The molecule has 3 heteroatoms. The lowest BCUT2D eigenvalue weighted by Crippen LogP contribution is -2.06. The van der Waals surface area contributed by atoms with Crippen LogP contribution in [-0.4, -0.2) is 13.3 Å². The minimum Gasteiger partial charge on any atom is -0.454 e. The molecule has 1 aliphatic heterocycles. The van der Waals surface area contributed by atoms with Crippen LogP contribution in [0.5, 0.6) is 11.5 Å². The first-order chi connectivity index (χ1) is 7.76. The third-order valence-electron chi connectivity index (χ3n) is 3.15. The van der Waals surface area contributed by atoms with Crippen molar-refractivity contribution in [2.24, 2.45) is 5.73 Å². The van der Waals surface area contributed by atoms with Gasteiger partial charge in [-0.15, -0.1) is 0 Å². The van der Waals surface area contributed by atoms with Crippen molar-refractivity contribution in [3.8, 4) is 11.5 Å². The maximum atomic E-state index is 5.62. The van der Waals surface area contributed by atoms with Gasteiger partial charge in [0.05, 0.1) is 0 Å². The topological polar surface area (TPSA) is 44.5 Å². The lowest BCUT2D eigenvalue weighted by Gasteiger charge is -2.15. The van der Waals surface area contributed by atoms with Gasteiger partial charge in [-0.1, -0.05) is 13.8 Å². The largest absolute Gasteiger partial charge is 0.454 e. The number of fused-ring (bicyclic) bond motifs is 1. The Morgan fingerprint density at radius 1 is 1.31 bits per heavy atom. The van der Waals surface area contributed by atoms with Gasteiger partial charge in [-0.05, 0) is 48.6 Å². The Kier molecular flexibility index (Phi) is 3.34. The van der Waals surface area contributed by atoms with Gasteiger partial charge < -0.3 is 15.2 Å². The van der Waals surface area contributed by atoms with E-state index in [2.05, 4.69) is 26.0 Å². The summed E-state index contributed by atoms with van der Waals surface area (Å²) in [5.74, 6) is 2.23. The van der Waals surface area contributed by atoms with E-state index < -0.39 is 0 Å². The van der Waals surface area contributed by atoms with Crippen LogP contribution in [0.2, 0.25) is 0 Å². The summed E-state index contributed by atoms with van der Waals surface area (Å²) in [6, 6.07) is 4.21. The first-order valence-corrected chi connectivity index (χ1v) is 5.88. The van der Waals surface area contributed by atoms with Crippen LogP contribution in [0, 0.1) is 0 Å². The summed E-state index contributed by atoms with van der Waals surface area (Å²) in [5, 5.41) is 0. The summed E-state index contributed by atoms with van der Waals surface area (Å²) >= 11 is 0. The molecule has 0 radical (unpaired) electrons. The molecule has 2 rings (SSSR count). The Hall–Kier alpha value is -1.22. The summed E-state index contributed by atoms with van der Waals surface area (Å²) in [5.41, 5.74) is 8.30. The minimum absolute atomic E-state index is 0.340. The van der Waals surface area contributed by atoms with E-state index in [1.165, 1.54) is 11.1 Å². The second-order valence-corrected chi connectivity index (χ2v) is 4.24. The molecule has 0 spiro atoms. The molecule has 1 aromatic rings. The maximum Gasteiger partial charge on any atom is 0.231 e. The number of nitrogens with two attached hydrogens (primary N) is 1. The van der Waals surface area contributed by atoms with Crippen LogP contribution in [0.1, 0.15) is 37.3 Å². The van der Waals surface area contributed by atoms with Gasteiger partial charge in [-0.25, -0.2) is 0 Å². The standard InChI is InChI=1S/C13H19NO2/c1-3-10-6-12-13(16-8-15-12)7-11(10)9(2)4-5-14/h6-7,9H,3-5,8,14H2,1-2H3. The smallest absolute Gasteiger partial charge is 0.231 e. The highest BCUT2D eigenvalue weighted by molar-refractivity contribution is 5.49. The molecule has 0 saturated heterocycles. The molecule has 0 saturated carbocycles. The number of aryl methyl sites for hydroxylation is 1. The van der Waals surface area contributed by atoms with Crippen molar-refractivity contribution in [1.82, 2.24) is 0 Å². The zero-order valence-corrected chi connectivity index (χ0v) is 9.95. The van der Waals surface area contributed by atoms with Crippen LogP contribution >= 0.6 is 0 Å². The molecular formula is C13H19NO2. The monoisotopic (exact) mass is 221 g/mol. The summed E-state index contributed by atoms with van der Waals surface area (Å²) in [6.45, 7) is 5.44. The summed E-state index contributed by atoms with van der Waals surface area (Å²) in [4.78, 5) is 0. The van der Waals surface area contributed by atoms with Crippen LogP contribution in [0.4, 0.5) is 0 Å². The second-order valence-electron chi connectivity index (χ2n) is 4.24. The first kappa shape index (κ1) is 11.3. The molecule has 0 aliphatic carbocycles. The normalized spacial score (nSPS) is 15.2. The fourth-order valence-corrected chi connectivity index (χ4v) is 2.17. The van der Waals surface area contributed by atoms with Crippen LogP contribution < -0.4 is 15.2 Å².